The fraction of sp³-hybridized carbons (Fsp3) is 0.154. The maximum absolute atomic E-state index is 12.0. The Balaban J connectivity index is 2.27. The first kappa shape index (κ1) is 12.5. The van der Waals surface area contributed by atoms with Crippen LogP contribution in [0.25, 0.3) is 0 Å². The Morgan fingerprint density at radius 2 is 2.17 bits per heavy atom. The molecule has 0 saturated heterocycles. The van der Waals surface area contributed by atoms with Gasteiger partial charge in [-0.15, -0.1) is 0 Å². The largest absolute Gasteiger partial charge is 0.495 e. The molecular formula is C13H13ClN2O2. The van der Waals surface area contributed by atoms with Crippen LogP contribution in [-0.4, -0.2) is 17.6 Å². The topological polar surface area (TPSA) is 43.3 Å². The third kappa shape index (κ3) is 2.49. The quantitative estimate of drug-likeness (QED) is 0.926. The summed E-state index contributed by atoms with van der Waals surface area (Å²) in [6, 6.07) is 8.62. The molecule has 0 spiro atoms. The number of hydrogen-bond acceptors (Lipinski definition) is 2. The van der Waals surface area contributed by atoms with Gasteiger partial charge in [-0.05, 0) is 30.3 Å². The van der Waals surface area contributed by atoms with Gasteiger partial charge in [0.1, 0.15) is 11.4 Å². The highest BCUT2D eigenvalue weighted by atomic mass is 35.5. The molecule has 2 aromatic rings. The van der Waals surface area contributed by atoms with Crippen LogP contribution in [0.1, 0.15) is 10.5 Å². The molecule has 1 aromatic carbocycles. The summed E-state index contributed by atoms with van der Waals surface area (Å²) in [4.78, 5) is 12.0. The van der Waals surface area contributed by atoms with Gasteiger partial charge in [-0.3, -0.25) is 4.79 Å². The van der Waals surface area contributed by atoms with Gasteiger partial charge in [0, 0.05) is 18.3 Å². The molecule has 0 fully saturated rings. The molecular weight excluding hydrogens is 252 g/mol. The number of benzene rings is 1. The summed E-state index contributed by atoms with van der Waals surface area (Å²) in [6.45, 7) is 0. The minimum Gasteiger partial charge on any atom is -0.495 e. The number of halogens is 1. The Hall–Kier alpha value is -1.94. The van der Waals surface area contributed by atoms with Crippen LogP contribution >= 0.6 is 11.6 Å². The number of carbonyl (C=O) groups is 1. The molecule has 0 saturated carbocycles. The van der Waals surface area contributed by atoms with Crippen LogP contribution in [0.3, 0.4) is 0 Å². The van der Waals surface area contributed by atoms with Gasteiger partial charge in [-0.1, -0.05) is 11.6 Å². The Morgan fingerprint density at radius 1 is 1.39 bits per heavy atom. The average molecular weight is 265 g/mol. The van der Waals surface area contributed by atoms with E-state index in [4.69, 9.17) is 16.3 Å². The molecule has 1 aromatic heterocycles. The molecule has 0 atom stereocenters. The van der Waals surface area contributed by atoms with Crippen LogP contribution < -0.4 is 10.1 Å². The number of carbonyl (C=O) groups excluding carboxylic acids is 1. The number of methoxy groups -OCH3 is 1. The second kappa shape index (κ2) is 5.14. The van der Waals surface area contributed by atoms with Crippen molar-refractivity contribution in [3.63, 3.8) is 0 Å². The molecule has 0 unspecified atom stereocenters. The van der Waals surface area contributed by atoms with E-state index in [0.29, 0.717) is 22.2 Å². The van der Waals surface area contributed by atoms with Crippen LogP contribution in [0.5, 0.6) is 5.75 Å². The van der Waals surface area contributed by atoms with Crippen LogP contribution in [0.4, 0.5) is 5.69 Å². The van der Waals surface area contributed by atoms with Crippen LogP contribution in [0.2, 0.25) is 5.02 Å². The van der Waals surface area contributed by atoms with Gasteiger partial charge in [0.05, 0.1) is 12.8 Å². The van der Waals surface area contributed by atoms with Crippen LogP contribution in [0, 0.1) is 0 Å². The van der Waals surface area contributed by atoms with Gasteiger partial charge < -0.3 is 14.6 Å². The lowest BCUT2D eigenvalue weighted by molar-refractivity contribution is 0.101. The Labute approximate surface area is 110 Å². The van der Waals surface area contributed by atoms with Crippen molar-refractivity contribution < 1.29 is 9.53 Å². The summed E-state index contributed by atoms with van der Waals surface area (Å²) >= 11 is 5.90. The molecule has 5 heteroatoms. The molecule has 0 radical (unpaired) electrons. The summed E-state index contributed by atoms with van der Waals surface area (Å²) in [7, 11) is 3.35. The smallest absolute Gasteiger partial charge is 0.272 e. The molecule has 0 bridgehead atoms. The molecule has 2 rings (SSSR count). The van der Waals surface area contributed by atoms with E-state index in [1.807, 2.05) is 19.3 Å². The normalized spacial score (nSPS) is 10.2. The fourth-order valence-corrected chi connectivity index (χ4v) is 1.83. The zero-order valence-corrected chi connectivity index (χ0v) is 10.9. The standard InChI is InChI=1S/C13H13ClN2O2/c1-16-7-3-4-11(16)13(17)15-10-8-9(14)5-6-12(10)18-2/h3-8H,1-2H3,(H,15,17). The SMILES string of the molecule is COc1ccc(Cl)cc1NC(=O)c1cccn1C. The lowest BCUT2D eigenvalue weighted by Crippen LogP contribution is -2.15. The van der Waals surface area contributed by atoms with E-state index in [-0.39, 0.29) is 5.91 Å². The van der Waals surface area contributed by atoms with Crippen molar-refractivity contribution in [2.45, 2.75) is 0 Å². The second-order valence-electron chi connectivity index (χ2n) is 3.80. The van der Waals surface area contributed by atoms with E-state index < -0.39 is 0 Å². The van der Waals surface area contributed by atoms with Crippen LogP contribution in [0.15, 0.2) is 36.5 Å². The van der Waals surface area contributed by atoms with E-state index in [1.54, 1.807) is 35.9 Å². The summed E-state index contributed by atoms with van der Waals surface area (Å²) in [5, 5.41) is 3.32. The number of anilines is 1. The zero-order chi connectivity index (χ0) is 13.1. The third-order valence-electron chi connectivity index (χ3n) is 2.59. The van der Waals surface area contributed by atoms with Gasteiger partial charge >= 0.3 is 0 Å². The number of hydrogen-bond donors (Lipinski definition) is 1. The summed E-state index contributed by atoms with van der Waals surface area (Å²) in [5.41, 5.74) is 1.12. The molecule has 4 nitrogen and oxygen atoms in total. The molecule has 1 amide bonds. The van der Waals surface area contributed by atoms with E-state index >= 15 is 0 Å². The monoisotopic (exact) mass is 264 g/mol. The predicted octanol–water partition coefficient (Wildman–Crippen LogP) is 2.94. The number of aryl methyl sites for hydroxylation is 1. The van der Waals surface area contributed by atoms with Crippen molar-refractivity contribution in [3.05, 3.63) is 47.2 Å². The number of ether oxygens (including phenoxy) is 1. The highest BCUT2D eigenvalue weighted by molar-refractivity contribution is 6.31. The Bertz CT molecular complexity index is 578. The van der Waals surface area contributed by atoms with Crippen molar-refractivity contribution in [1.82, 2.24) is 4.57 Å². The maximum atomic E-state index is 12.0. The van der Waals surface area contributed by atoms with Crippen molar-refractivity contribution in [2.75, 3.05) is 12.4 Å². The van der Waals surface area contributed by atoms with Crippen molar-refractivity contribution in [2.24, 2.45) is 7.05 Å². The molecule has 0 aliphatic rings. The second-order valence-corrected chi connectivity index (χ2v) is 4.24. The first-order valence-electron chi connectivity index (χ1n) is 5.38. The molecule has 1 heterocycles. The molecule has 0 aliphatic heterocycles. The number of aromatic nitrogens is 1. The summed E-state index contributed by atoms with van der Waals surface area (Å²) < 4.78 is 6.91. The van der Waals surface area contributed by atoms with Crippen molar-refractivity contribution in [1.29, 1.82) is 0 Å². The van der Waals surface area contributed by atoms with Crippen molar-refractivity contribution in [3.8, 4) is 5.75 Å². The molecule has 94 valence electrons. The lowest BCUT2D eigenvalue weighted by atomic mass is 10.2. The molecule has 18 heavy (non-hydrogen) atoms. The Kier molecular flexibility index (Phi) is 3.58. The first-order chi connectivity index (χ1) is 8.61. The van der Waals surface area contributed by atoms with Gasteiger partial charge in [0.15, 0.2) is 0 Å². The third-order valence-corrected chi connectivity index (χ3v) is 2.82. The van der Waals surface area contributed by atoms with E-state index in [9.17, 15) is 4.79 Å². The number of nitrogens with one attached hydrogen (secondary N) is 1. The van der Waals surface area contributed by atoms with E-state index in [0.717, 1.165) is 0 Å². The zero-order valence-electron chi connectivity index (χ0n) is 10.1. The van der Waals surface area contributed by atoms with Gasteiger partial charge in [0.2, 0.25) is 0 Å². The lowest BCUT2D eigenvalue weighted by Gasteiger charge is -2.10. The first-order valence-corrected chi connectivity index (χ1v) is 5.76. The fourth-order valence-electron chi connectivity index (χ4n) is 1.66. The number of nitrogens with zero attached hydrogens (tertiary/aromatic N) is 1. The summed E-state index contributed by atoms with van der Waals surface area (Å²) in [5.74, 6) is 0.366. The van der Waals surface area contributed by atoms with E-state index in [1.165, 1.54) is 0 Å². The van der Waals surface area contributed by atoms with Crippen LogP contribution in [-0.2, 0) is 7.05 Å². The summed E-state index contributed by atoms with van der Waals surface area (Å²) in [6.07, 6.45) is 1.81. The maximum Gasteiger partial charge on any atom is 0.272 e. The van der Waals surface area contributed by atoms with E-state index in [2.05, 4.69) is 5.32 Å². The Morgan fingerprint density at radius 3 is 2.78 bits per heavy atom. The highest BCUT2D eigenvalue weighted by Crippen LogP contribution is 2.28. The van der Waals surface area contributed by atoms with Gasteiger partial charge in [-0.2, -0.15) is 0 Å². The minimum absolute atomic E-state index is 0.205. The highest BCUT2D eigenvalue weighted by Gasteiger charge is 2.12. The van der Waals surface area contributed by atoms with Gasteiger partial charge in [0.25, 0.3) is 5.91 Å². The predicted molar refractivity (Wildman–Crippen MR) is 71.4 cm³/mol. The minimum atomic E-state index is -0.205. The number of rotatable bonds is 3. The number of amides is 1. The van der Waals surface area contributed by atoms with Gasteiger partial charge in [-0.25, -0.2) is 0 Å². The average Bonchev–Trinajstić information content (AvgIpc) is 2.76. The molecule has 1 N–H and O–H groups in total. The van der Waals surface area contributed by atoms with Crippen molar-refractivity contribution >= 4 is 23.2 Å². The molecule has 0 aliphatic carbocycles.